The van der Waals surface area contributed by atoms with Gasteiger partial charge in [0.15, 0.2) is 0 Å². The van der Waals surface area contributed by atoms with Gasteiger partial charge < -0.3 is 10.4 Å². The Bertz CT molecular complexity index is 372. The van der Waals surface area contributed by atoms with E-state index in [2.05, 4.69) is 5.32 Å². The highest BCUT2D eigenvalue weighted by molar-refractivity contribution is 6.30. The van der Waals surface area contributed by atoms with Crippen LogP contribution in [0.15, 0.2) is 18.2 Å². The lowest BCUT2D eigenvalue weighted by Crippen LogP contribution is -2.35. The maximum absolute atomic E-state index is 13.0. The predicted molar refractivity (Wildman–Crippen MR) is 68.7 cm³/mol. The minimum absolute atomic E-state index is 0.0668. The van der Waals surface area contributed by atoms with E-state index >= 15 is 0 Å². The highest BCUT2D eigenvalue weighted by Crippen LogP contribution is 2.21. The zero-order valence-electron chi connectivity index (χ0n) is 10.4. The van der Waals surface area contributed by atoms with Crippen molar-refractivity contribution in [1.29, 1.82) is 0 Å². The van der Waals surface area contributed by atoms with Crippen LogP contribution in [0.25, 0.3) is 0 Å². The molecule has 0 spiro atoms. The normalized spacial score (nSPS) is 16.6. The number of halogens is 2. The van der Waals surface area contributed by atoms with Gasteiger partial charge in [-0.1, -0.05) is 24.6 Å². The van der Waals surface area contributed by atoms with Crippen LogP contribution in [0.4, 0.5) is 4.39 Å². The van der Waals surface area contributed by atoms with Crippen molar-refractivity contribution in [1.82, 2.24) is 5.32 Å². The summed E-state index contributed by atoms with van der Waals surface area (Å²) in [6.07, 6.45) is 0. The first-order chi connectivity index (χ1) is 7.95. The second-order valence-electron chi connectivity index (χ2n) is 4.51. The number of aliphatic hydroxyl groups excluding tert-OH is 1. The second kappa shape index (κ2) is 6.34. The Morgan fingerprint density at radius 2 is 2.00 bits per heavy atom. The average Bonchev–Trinajstić information content (AvgIpc) is 2.31. The van der Waals surface area contributed by atoms with Gasteiger partial charge in [0.25, 0.3) is 0 Å². The molecule has 0 aliphatic heterocycles. The minimum Gasteiger partial charge on any atom is -0.396 e. The van der Waals surface area contributed by atoms with Crippen LogP contribution >= 0.6 is 11.6 Å². The maximum atomic E-state index is 13.0. The lowest BCUT2D eigenvalue weighted by Gasteiger charge is -2.24. The van der Waals surface area contributed by atoms with E-state index in [4.69, 9.17) is 16.7 Å². The van der Waals surface area contributed by atoms with Gasteiger partial charge in [-0.15, -0.1) is 0 Å². The van der Waals surface area contributed by atoms with E-state index in [9.17, 15) is 4.39 Å². The summed E-state index contributed by atoms with van der Waals surface area (Å²) >= 11 is 5.74. The molecular weight excluding hydrogens is 241 g/mol. The Morgan fingerprint density at radius 1 is 1.35 bits per heavy atom. The van der Waals surface area contributed by atoms with Gasteiger partial charge in [0.05, 0.1) is 5.02 Å². The summed E-state index contributed by atoms with van der Waals surface area (Å²) in [6, 6.07) is 4.96. The predicted octanol–water partition coefficient (Wildman–Crippen LogP) is 3.15. The molecule has 0 fully saturated rings. The third-order valence-corrected chi connectivity index (χ3v) is 3.39. The molecule has 0 aromatic heterocycles. The zero-order valence-corrected chi connectivity index (χ0v) is 11.1. The maximum Gasteiger partial charge on any atom is 0.141 e. The highest BCUT2D eigenvalue weighted by atomic mass is 35.5. The molecule has 0 saturated carbocycles. The third-order valence-electron chi connectivity index (χ3n) is 3.10. The molecule has 0 aliphatic rings. The minimum atomic E-state index is -0.403. The van der Waals surface area contributed by atoms with Crippen molar-refractivity contribution < 1.29 is 9.50 Å². The van der Waals surface area contributed by atoms with Crippen molar-refractivity contribution in [3.8, 4) is 0 Å². The molecule has 0 aliphatic carbocycles. The third kappa shape index (κ3) is 3.95. The van der Waals surface area contributed by atoms with Gasteiger partial charge in [-0.2, -0.15) is 0 Å². The van der Waals surface area contributed by atoms with Gasteiger partial charge in [-0.25, -0.2) is 4.39 Å². The van der Waals surface area contributed by atoms with E-state index in [0.29, 0.717) is 0 Å². The van der Waals surface area contributed by atoms with Crippen molar-refractivity contribution in [3.63, 3.8) is 0 Å². The quantitative estimate of drug-likeness (QED) is 0.852. The highest BCUT2D eigenvalue weighted by Gasteiger charge is 2.15. The van der Waals surface area contributed by atoms with Gasteiger partial charge in [0.2, 0.25) is 0 Å². The monoisotopic (exact) mass is 259 g/mol. The SMILES string of the molecule is CC(NC(C)C(C)CO)c1ccc(F)c(Cl)c1. The molecule has 0 bridgehead atoms. The molecule has 0 amide bonds. The smallest absolute Gasteiger partial charge is 0.141 e. The number of nitrogens with one attached hydrogen (secondary N) is 1. The molecule has 0 heterocycles. The fourth-order valence-corrected chi connectivity index (χ4v) is 1.78. The van der Waals surface area contributed by atoms with Crippen molar-refractivity contribution in [3.05, 3.63) is 34.6 Å². The summed E-state index contributed by atoms with van der Waals surface area (Å²) < 4.78 is 13.0. The van der Waals surface area contributed by atoms with E-state index in [0.717, 1.165) is 5.56 Å². The van der Waals surface area contributed by atoms with Crippen molar-refractivity contribution >= 4 is 11.6 Å². The Labute approximate surface area is 107 Å². The fourth-order valence-electron chi connectivity index (χ4n) is 1.59. The van der Waals surface area contributed by atoms with Gasteiger partial charge in [-0.05, 0) is 37.5 Å². The van der Waals surface area contributed by atoms with Crippen LogP contribution in [0.5, 0.6) is 0 Å². The van der Waals surface area contributed by atoms with Crippen LogP contribution in [0, 0.1) is 11.7 Å². The molecule has 2 N–H and O–H groups in total. The number of benzene rings is 1. The van der Waals surface area contributed by atoms with Gasteiger partial charge in [0, 0.05) is 18.7 Å². The Balaban J connectivity index is 2.69. The molecule has 96 valence electrons. The molecule has 2 nitrogen and oxygen atoms in total. The first-order valence-electron chi connectivity index (χ1n) is 5.77. The van der Waals surface area contributed by atoms with Crippen LogP contribution < -0.4 is 5.32 Å². The Kier molecular flexibility index (Phi) is 5.37. The molecule has 17 heavy (non-hydrogen) atoms. The van der Waals surface area contributed by atoms with Crippen LogP contribution in [0.1, 0.15) is 32.4 Å². The molecular formula is C13H19ClFNO. The van der Waals surface area contributed by atoms with Crippen molar-refractivity contribution in [2.45, 2.75) is 32.9 Å². The molecule has 3 atom stereocenters. The first-order valence-corrected chi connectivity index (χ1v) is 6.15. The number of hydrogen-bond donors (Lipinski definition) is 2. The van der Waals surface area contributed by atoms with Gasteiger partial charge in [0.1, 0.15) is 5.82 Å². The largest absolute Gasteiger partial charge is 0.396 e. The van der Waals surface area contributed by atoms with Crippen molar-refractivity contribution in [2.24, 2.45) is 5.92 Å². The summed E-state index contributed by atoms with van der Waals surface area (Å²) in [4.78, 5) is 0. The molecule has 0 saturated heterocycles. The molecule has 1 rings (SSSR count). The van der Waals surface area contributed by atoms with E-state index in [1.54, 1.807) is 12.1 Å². The summed E-state index contributed by atoms with van der Waals surface area (Å²) in [5, 5.41) is 12.5. The lowest BCUT2D eigenvalue weighted by molar-refractivity contribution is 0.202. The molecule has 4 heteroatoms. The molecule has 1 aromatic carbocycles. The lowest BCUT2D eigenvalue weighted by atomic mass is 10.0. The molecule has 3 unspecified atom stereocenters. The van der Waals surface area contributed by atoms with Crippen LogP contribution in [0.3, 0.4) is 0 Å². The topological polar surface area (TPSA) is 32.3 Å². The van der Waals surface area contributed by atoms with E-state index in [1.165, 1.54) is 6.07 Å². The Morgan fingerprint density at radius 3 is 2.53 bits per heavy atom. The first kappa shape index (κ1) is 14.4. The van der Waals surface area contributed by atoms with Gasteiger partial charge in [-0.3, -0.25) is 0 Å². The molecule has 0 radical (unpaired) electrons. The zero-order chi connectivity index (χ0) is 13.0. The van der Waals surface area contributed by atoms with Crippen LogP contribution in [-0.2, 0) is 0 Å². The standard InChI is InChI=1S/C13H19ClFNO/c1-8(7-17)9(2)16-10(3)11-4-5-13(15)12(14)6-11/h4-6,8-10,16-17H,7H2,1-3H3. The number of hydrogen-bond acceptors (Lipinski definition) is 2. The van der Waals surface area contributed by atoms with Crippen LogP contribution in [0.2, 0.25) is 5.02 Å². The van der Waals surface area contributed by atoms with Gasteiger partial charge >= 0.3 is 0 Å². The molecule has 1 aromatic rings. The average molecular weight is 260 g/mol. The second-order valence-corrected chi connectivity index (χ2v) is 4.92. The van der Waals surface area contributed by atoms with E-state index in [1.807, 2.05) is 20.8 Å². The van der Waals surface area contributed by atoms with Crippen LogP contribution in [-0.4, -0.2) is 17.8 Å². The van der Waals surface area contributed by atoms with E-state index < -0.39 is 5.82 Å². The Hall–Kier alpha value is -0.640. The summed E-state index contributed by atoms with van der Waals surface area (Å²) in [7, 11) is 0. The summed E-state index contributed by atoms with van der Waals surface area (Å²) in [5.41, 5.74) is 0.938. The summed E-state index contributed by atoms with van der Waals surface area (Å²) in [6.45, 7) is 6.12. The van der Waals surface area contributed by atoms with E-state index in [-0.39, 0.29) is 29.6 Å². The fraction of sp³-hybridized carbons (Fsp3) is 0.538. The number of rotatable bonds is 5. The number of aliphatic hydroxyl groups is 1. The van der Waals surface area contributed by atoms with Crippen molar-refractivity contribution in [2.75, 3.05) is 6.61 Å². The summed E-state index contributed by atoms with van der Waals surface area (Å²) in [5.74, 6) is -0.229.